The van der Waals surface area contributed by atoms with Crippen molar-refractivity contribution in [1.29, 1.82) is 0 Å². The average Bonchev–Trinajstić information content (AvgIpc) is 3.07. The van der Waals surface area contributed by atoms with Crippen LogP contribution in [0.25, 0.3) is 0 Å². The Morgan fingerprint density at radius 1 is 1.58 bits per heavy atom. The molecule has 1 amide bonds. The van der Waals surface area contributed by atoms with E-state index in [1.54, 1.807) is 0 Å². The van der Waals surface area contributed by atoms with Crippen molar-refractivity contribution < 1.29 is 9.53 Å². The zero-order valence-corrected chi connectivity index (χ0v) is 12.1. The maximum Gasteiger partial charge on any atom is 0.282 e. The van der Waals surface area contributed by atoms with Crippen LogP contribution in [0, 0.1) is 5.92 Å². The number of carbonyl (C=O) groups is 1. The SMILES string of the molecule is CCCNc1nnc(C(=O)NC(C)C2CCOC2)s1. The summed E-state index contributed by atoms with van der Waals surface area (Å²) in [5, 5.41) is 15.1. The number of rotatable bonds is 6. The van der Waals surface area contributed by atoms with Gasteiger partial charge in [0.25, 0.3) is 5.91 Å². The molecule has 1 aliphatic heterocycles. The van der Waals surface area contributed by atoms with E-state index < -0.39 is 0 Å². The molecular formula is C12H20N4O2S. The fourth-order valence-electron chi connectivity index (χ4n) is 1.95. The van der Waals surface area contributed by atoms with Crippen molar-refractivity contribution in [3.05, 3.63) is 5.01 Å². The number of carbonyl (C=O) groups excluding carboxylic acids is 1. The maximum absolute atomic E-state index is 12.0. The zero-order chi connectivity index (χ0) is 13.7. The van der Waals surface area contributed by atoms with Crippen LogP contribution in [0.2, 0.25) is 0 Å². The van der Waals surface area contributed by atoms with Gasteiger partial charge < -0.3 is 15.4 Å². The van der Waals surface area contributed by atoms with Crippen LogP contribution in [0.1, 0.15) is 36.5 Å². The van der Waals surface area contributed by atoms with Gasteiger partial charge in [-0.1, -0.05) is 18.3 Å². The molecule has 1 fully saturated rings. The van der Waals surface area contributed by atoms with Crippen LogP contribution in [0.5, 0.6) is 0 Å². The molecule has 1 aromatic heterocycles. The summed E-state index contributed by atoms with van der Waals surface area (Å²) in [6.07, 6.45) is 2.01. The Hall–Kier alpha value is -1.21. The Morgan fingerprint density at radius 3 is 3.11 bits per heavy atom. The smallest absolute Gasteiger partial charge is 0.282 e. The summed E-state index contributed by atoms with van der Waals surface area (Å²) in [6, 6.07) is 0.103. The molecule has 0 radical (unpaired) electrons. The van der Waals surface area contributed by atoms with Gasteiger partial charge in [0, 0.05) is 25.1 Å². The molecule has 1 saturated heterocycles. The zero-order valence-electron chi connectivity index (χ0n) is 11.3. The van der Waals surface area contributed by atoms with E-state index in [1.165, 1.54) is 11.3 Å². The van der Waals surface area contributed by atoms with Crippen molar-refractivity contribution >= 4 is 22.4 Å². The summed E-state index contributed by atoms with van der Waals surface area (Å²) in [6.45, 7) is 6.43. The molecule has 2 N–H and O–H groups in total. The molecule has 7 heteroatoms. The highest BCUT2D eigenvalue weighted by atomic mass is 32.1. The molecule has 2 rings (SSSR count). The third-order valence-corrected chi connectivity index (χ3v) is 4.06. The molecule has 1 aliphatic rings. The first-order valence-corrected chi connectivity index (χ1v) is 7.48. The third-order valence-electron chi connectivity index (χ3n) is 3.18. The lowest BCUT2D eigenvalue weighted by atomic mass is 10.0. The van der Waals surface area contributed by atoms with Gasteiger partial charge in [-0.2, -0.15) is 0 Å². The minimum atomic E-state index is -0.151. The topological polar surface area (TPSA) is 76.1 Å². The summed E-state index contributed by atoms with van der Waals surface area (Å²) in [7, 11) is 0. The summed E-state index contributed by atoms with van der Waals surface area (Å²) >= 11 is 1.29. The van der Waals surface area contributed by atoms with Crippen molar-refractivity contribution in [2.24, 2.45) is 5.92 Å². The third kappa shape index (κ3) is 3.87. The Bertz CT molecular complexity index is 418. The minimum Gasteiger partial charge on any atom is -0.381 e. The van der Waals surface area contributed by atoms with Crippen LogP contribution in [0.15, 0.2) is 0 Å². The van der Waals surface area contributed by atoms with Crippen molar-refractivity contribution in [2.45, 2.75) is 32.7 Å². The molecule has 106 valence electrons. The van der Waals surface area contributed by atoms with Crippen LogP contribution in [0.3, 0.4) is 0 Å². The van der Waals surface area contributed by atoms with E-state index in [1.807, 2.05) is 6.92 Å². The van der Waals surface area contributed by atoms with E-state index in [4.69, 9.17) is 4.74 Å². The predicted octanol–water partition coefficient (Wildman–Crippen LogP) is 1.51. The summed E-state index contributed by atoms with van der Waals surface area (Å²) in [5.74, 6) is 0.246. The molecule has 2 unspecified atom stereocenters. The maximum atomic E-state index is 12.0. The highest BCUT2D eigenvalue weighted by Crippen LogP contribution is 2.18. The van der Waals surface area contributed by atoms with Gasteiger partial charge in [-0.15, -0.1) is 10.2 Å². The van der Waals surface area contributed by atoms with Crippen LogP contribution in [-0.2, 0) is 4.74 Å². The van der Waals surface area contributed by atoms with E-state index in [2.05, 4.69) is 27.8 Å². The number of amides is 1. The van der Waals surface area contributed by atoms with Gasteiger partial charge >= 0.3 is 0 Å². The second-order valence-electron chi connectivity index (χ2n) is 4.72. The van der Waals surface area contributed by atoms with E-state index in [0.717, 1.165) is 32.6 Å². The molecule has 6 nitrogen and oxygen atoms in total. The molecule has 2 atom stereocenters. The van der Waals surface area contributed by atoms with Gasteiger partial charge in [-0.05, 0) is 19.8 Å². The fourth-order valence-corrected chi connectivity index (χ4v) is 2.62. The monoisotopic (exact) mass is 284 g/mol. The van der Waals surface area contributed by atoms with Gasteiger partial charge in [0.05, 0.1) is 6.61 Å². The van der Waals surface area contributed by atoms with Gasteiger partial charge in [-0.25, -0.2) is 0 Å². The molecule has 0 aromatic carbocycles. The van der Waals surface area contributed by atoms with Gasteiger partial charge in [0.15, 0.2) is 0 Å². The van der Waals surface area contributed by atoms with Crippen LogP contribution in [0.4, 0.5) is 5.13 Å². The summed E-state index contributed by atoms with van der Waals surface area (Å²) in [5.41, 5.74) is 0. The van der Waals surface area contributed by atoms with Crippen LogP contribution in [-0.4, -0.2) is 41.9 Å². The highest BCUT2D eigenvalue weighted by Gasteiger charge is 2.25. The summed E-state index contributed by atoms with van der Waals surface area (Å²) < 4.78 is 5.33. The van der Waals surface area contributed by atoms with E-state index in [0.29, 0.717) is 16.1 Å². The normalized spacial score (nSPS) is 20.2. The first kappa shape index (κ1) is 14.2. The van der Waals surface area contributed by atoms with Crippen molar-refractivity contribution in [3.8, 4) is 0 Å². The van der Waals surface area contributed by atoms with Crippen LogP contribution >= 0.6 is 11.3 Å². The van der Waals surface area contributed by atoms with Crippen molar-refractivity contribution in [3.63, 3.8) is 0 Å². The number of nitrogens with zero attached hydrogens (tertiary/aromatic N) is 2. The largest absolute Gasteiger partial charge is 0.381 e. The average molecular weight is 284 g/mol. The first-order chi connectivity index (χ1) is 9.20. The highest BCUT2D eigenvalue weighted by molar-refractivity contribution is 7.17. The first-order valence-electron chi connectivity index (χ1n) is 6.66. The van der Waals surface area contributed by atoms with Gasteiger partial charge in [-0.3, -0.25) is 4.79 Å². The second kappa shape index (κ2) is 6.81. The Kier molecular flexibility index (Phi) is 5.09. The molecule has 19 heavy (non-hydrogen) atoms. The lowest BCUT2D eigenvalue weighted by Gasteiger charge is -2.18. The number of anilines is 1. The molecular weight excluding hydrogens is 264 g/mol. The Morgan fingerprint density at radius 2 is 2.42 bits per heavy atom. The standard InChI is InChI=1S/C12H20N4O2S/c1-3-5-13-12-16-15-11(19-12)10(17)14-8(2)9-4-6-18-7-9/h8-9H,3-7H2,1-2H3,(H,13,16)(H,14,17). The Balaban J connectivity index is 1.86. The number of hydrogen-bond acceptors (Lipinski definition) is 6. The Labute approximate surface area is 116 Å². The van der Waals surface area contributed by atoms with Gasteiger partial charge in [0.2, 0.25) is 10.1 Å². The molecule has 1 aromatic rings. The lowest BCUT2D eigenvalue weighted by molar-refractivity contribution is 0.0921. The fraction of sp³-hybridized carbons (Fsp3) is 0.750. The molecule has 0 saturated carbocycles. The molecule has 0 aliphatic carbocycles. The molecule has 0 bridgehead atoms. The predicted molar refractivity (Wildman–Crippen MR) is 74.5 cm³/mol. The van der Waals surface area contributed by atoms with E-state index in [-0.39, 0.29) is 11.9 Å². The lowest BCUT2D eigenvalue weighted by Crippen LogP contribution is -2.38. The quantitative estimate of drug-likeness (QED) is 0.828. The van der Waals surface area contributed by atoms with Crippen molar-refractivity contribution in [2.75, 3.05) is 25.1 Å². The molecule has 2 heterocycles. The van der Waals surface area contributed by atoms with E-state index in [9.17, 15) is 4.79 Å². The number of aromatic nitrogens is 2. The minimum absolute atomic E-state index is 0.103. The van der Waals surface area contributed by atoms with E-state index >= 15 is 0 Å². The van der Waals surface area contributed by atoms with Crippen molar-refractivity contribution in [1.82, 2.24) is 15.5 Å². The number of nitrogens with one attached hydrogen (secondary N) is 2. The summed E-state index contributed by atoms with van der Waals surface area (Å²) in [4.78, 5) is 12.0. The number of hydrogen-bond donors (Lipinski definition) is 2. The van der Waals surface area contributed by atoms with Gasteiger partial charge in [0.1, 0.15) is 0 Å². The van der Waals surface area contributed by atoms with Crippen LogP contribution < -0.4 is 10.6 Å². The second-order valence-corrected chi connectivity index (χ2v) is 5.70. The molecule has 0 spiro atoms. The number of ether oxygens (including phenoxy) is 1.